The zero-order valence-electron chi connectivity index (χ0n) is 21.6. The van der Waals surface area contributed by atoms with E-state index in [1.165, 1.54) is 5.56 Å². The molecule has 1 N–H and O–H groups in total. The van der Waals surface area contributed by atoms with Crippen molar-refractivity contribution in [2.45, 2.75) is 6.54 Å². The van der Waals surface area contributed by atoms with E-state index in [-0.39, 0.29) is 0 Å². The number of hydrogen-bond acceptors (Lipinski definition) is 7. The van der Waals surface area contributed by atoms with Gasteiger partial charge in [0.25, 0.3) is 0 Å². The van der Waals surface area contributed by atoms with E-state index in [1.54, 1.807) is 6.20 Å². The Labute approximate surface area is 223 Å². The monoisotopic (exact) mass is 502 g/mol. The molecule has 0 radical (unpaired) electrons. The molecule has 0 saturated heterocycles. The number of likely N-dealkylation sites (N-methyl/N-ethyl adjacent to an activating group) is 1. The minimum Gasteiger partial charge on any atom is -0.492 e. The molecule has 7 heteroatoms. The van der Waals surface area contributed by atoms with Gasteiger partial charge in [0.15, 0.2) is 5.82 Å². The number of hydrogen-bond donors (Lipinski definition) is 1. The maximum absolute atomic E-state index is 5.84. The van der Waals surface area contributed by atoms with Gasteiger partial charge in [-0.3, -0.25) is 9.97 Å². The summed E-state index contributed by atoms with van der Waals surface area (Å²) >= 11 is 0. The second-order valence-corrected chi connectivity index (χ2v) is 9.15. The minimum atomic E-state index is 0.559. The Hall–Kier alpha value is -4.62. The molecule has 0 bridgehead atoms. The second-order valence-electron chi connectivity index (χ2n) is 9.15. The van der Waals surface area contributed by atoms with Crippen LogP contribution in [0.3, 0.4) is 0 Å². The molecule has 0 saturated carbocycles. The van der Waals surface area contributed by atoms with Crippen molar-refractivity contribution in [2.24, 2.45) is 0 Å². The fourth-order valence-corrected chi connectivity index (χ4v) is 3.91. The lowest BCUT2D eigenvalue weighted by Gasteiger charge is -2.12. The molecule has 3 aromatic heterocycles. The molecule has 0 aliphatic rings. The van der Waals surface area contributed by atoms with E-state index in [0.717, 1.165) is 40.5 Å². The Kier molecular flexibility index (Phi) is 7.96. The Bertz CT molecular complexity index is 1460. The lowest BCUT2D eigenvalue weighted by Crippen LogP contribution is -2.19. The van der Waals surface area contributed by atoms with Crippen molar-refractivity contribution in [1.82, 2.24) is 24.8 Å². The molecule has 5 aromatic rings. The quantitative estimate of drug-likeness (QED) is 0.258. The fourth-order valence-electron chi connectivity index (χ4n) is 3.91. The van der Waals surface area contributed by atoms with Crippen molar-refractivity contribution in [2.75, 3.05) is 32.6 Å². The highest BCUT2D eigenvalue weighted by Crippen LogP contribution is 2.28. The van der Waals surface area contributed by atoms with Gasteiger partial charge in [-0.1, -0.05) is 48.5 Å². The zero-order chi connectivity index (χ0) is 26.2. The molecule has 0 amide bonds. The molecule has 7 nitrogen and oxygen atoms in total. The molecule has 190 valence electrons. The molecule has 3 heterocycles. The molecular weight excluding hydrogens is 472 g/mol. The third-order valence-electron chi connectivity index (χ3n) is 5.97. The van der Waals surface area contributed by atoms with E-state index in [1.807, 2.05) is 81.1 Å². The number of ether oxygens (including phenoxy) is 1. The zero-order valence-corrected chi connectivity index (χ0v) is 21.6. The molecule has 0 unspecified atom stereocenters. The summed E-state index contributed by atoms with van der Waals surface area (Å²) in [6.45, 7) is 2.17. The highest BCUT2D eigenvalue weighted by atomic mass is 16.5. The van der Waals surface area contributed by atoms with Crippen molar-refractivity contribution in [1.29, 1.82) is 0 Å². The van der Waals surface area contributed by atoms with Gasteiger partial charge in [0.2, 0.25) is 0 Å². The highest BCUT2D eigenvalue weighted by molar-refractivity contribution is 5.72. The van der Waals surface area contributed by atoms with Crippen LogP contribution in [0.2, 0.25) is 0 Å². The molecule has 0 aliphatic heterocycles. The first-order valence-corrected chi connectivity index (χ1v) is 12.6. The van der Waals surface area contributed by atoms with Gasteiger partial charge >= 0.3 is 0 Å². The van der Waals surface area contributed by atoms with Crippen LogP contribution in [0.1, 0.15) is 5.56 Å². The summed E-state index contributed by atoms with van der Waals surface area (Å²) in [5, 5.41) is 3.44. The topological polar surface area (TPSA) is 76.1 Å². The van der Waals surface area contributed by atoms with E-state index in [9.17, 15) is 0 Å². The Morgan fingerprint density at radius 3 is 2.32 bits per heavy atom. The van der Waals surface area contributed by atoms with Crippen LogP contribution in [0, 0.1) is 0 Å². The summed E-state index contributed by atoms with van der Waals surface area (Å²) in [7, 11) is 4.07. The largest absolute Gasteiger partial charge is 0.492 e. The van der Waals surface area contributed by atoms with Crippen molar-refractivity contribution in [3.05, 3.63) is 109 Å². The standard InChI is InChI=1S/C31H30N6O/c1-37(2)16-17-38-27-13-11-24(12-14-27)25-18-26(22-32-21-25)29-19-30(34-20-23-8-4-3-5-9-23)36-31(35-29)28-10-6-7-15-33-28/h3-15,18-19,21-22H,16-17,20H2,1-2H3,(H,34,35,36). The van der Waals surface area contributed by atoms with E-state index >= 15 is 0 Å². The SMILES string of the molecule is CN(C)CCOc1ccc(-c2cncc(-c3cc(NCc4ccccc4)nc(-c4ccccn4)n3)c2)cc1. The highest BCUT2D eigenvalue weighted by Gasteiger charge is 2.11. The second kappa shape index (κ2) is 12.1. The minimum absolute atomic E-state index is 0.559. The van der Waals surface area contributed by atoms with Crippen LogP contribution >= 0.6 is 0 Å². The van der Waals surface area contributed by atoms with E-state index in [2.05, 4.69) is 50.5 Å². The number of nitrogens with one attached hydrogen (secondary N) is 1. The maximum atomic E-state index is 5.84. The molecule has 0 atom stereocenters. The summed E-state index contributed by atoms with van der Waals surface area (Å²) in [6, 6.07) is 28.1. The average molecular weight is 503 g/mol. The number of aromatic nitrogens is 4. The van der Waals surface area contributed by atoms with Crippen LogP contribution < -0.4 is 10.1 Å². The molecular formula is C31H30N6O. The molecule has 0 fully saturated rings. The van der Waals surface area contributed by atoms with E-state index in [0.29, 0.717) is 24.7 Å². The number of pyridine rings is 2. The summed E-state index contributed by atoms with van der Waals surface area (Å²) < 4.78 is 5.84. The lowest BCUT2D eigenvalue weighted by molar-refractivity contribution is 0.261. The van der Waals surface area contributed by atoms with Crippen LogP contribution in [0.4, 0.5) is 5.82 Å². The summed E-state index contributed by atoms with van der Waals surface area (Å²) in [5.74, 6) is 2.14. The molecule has 0 spiro atoms. The van der Waals surface area contributed by atoms with Gasteiger partial charge in [-0.15, -0.1) is 0 Å². The number of anilines is 1. The van der Waals surface area contributed by atoms with Gasteiger partial charge in [0.05, 0.1) is 5.69 Å². The fraction of sp³-hybridized carbons (Fsp3) is 0.161. The average Bonchev–Trinajstić information content (AvgIpc) is 2.97. The smallest absolute Gasteiger partial charge is 0.180 e. The Balaban J connectivity index is 1.42. The molecule has 0 aliphatic carbocycles. The first-order chi connectivity index (χ1) is 18.6. The predicted octanol–water partition coefficient (Wildman–Crippen LogP) is 5.82. The van der Waals surface area contributed by atoms with E-state index in [4.69, 9.17) is 14.7 Å². The van der Waals surface area contributed by atoms with Crippen LogP contribution in [-0.4, -0.2) is 52.1 Å². The summed E-state index contributed by atoms with van der Waals surface area (Å²) in [4.78, 5) is 20.7. The summed E-state index contributed by atoms with van der Waals surface area (Å²) in [5.41, 5.74) is 5.61. The molecule has 5 rings (SSSR count). The van der Waals surface area contributed by atoms with Gasteiger partial charge < -0.3 is 15.0 Å². The first-order valence-electron chi connectivity index (χ1n) is 12.6. The van der Waals surface area contributed by atoms with Gasteiger partial charge in [-0.05, 0) is 55.6 Å². The molecule has 2 aromatic carbocycles. The number of nitrogens with zero attached hydrogens (tertiary/aromatic N) is 5. The van der Waals surface area contributed by atoms with Crippen molar-refractivity contribution in [3.63, 3.8) is 0 Å². The predicted molar refractivity (Wildman–Crippen MR) is 152 cm³/mol. The Morgan fingerprint density at radius 1 is 0.763 bits per heavy atom. The normalized spacial score (nSPS) is 10.9. The van der Waals surface area contributed by atoms with Crippen LogP contribution in [0.25, 0.3) is 33.9 Å². The third kappa shape index (κ3) is 6.57. The number of rotatable bonds is 10. The number of benzene rings is 2. The Morgan fingerprint density at radius 2 is 1.55 bits per heavy atom. The van der Waals surface area contributed by atoms with Crippen molar-refractivity contribution < 1.29 is 4.74 Å². The first kappa shape index (κ1) is 25.0. The van der Waals surface area contributed by atoms with Gasteiger partial charge in [0, 0.05) is 48.9 Å². The maximum Gasteiger partial charge on any atom is 0.180 e. The van der Waals surface area contributed by atoms with Crippen LogP contribution in [0.15, 0.2) is 104 Å². The van der Waals surface area contributed by atoms with Crippen molar-refractivity contribution >= 4 is 5.82 Å². The van der Waals surface area contributed by atoms with Crippen LogP contribution in [0.5, 0.6) is 5.75 Å². The van der Waals surface area contributed by atoms with Gasteiger partial charge in [-0.25, -0.2) is 9.97 Å². The molecule has 38 heavy (non-hydrogen) atoms. The lowest BCUT2D eigenvalue weighted by atomic mass is 10.0. The summed E-state index contributed by atoms with van der Waals surface area (Å²) in [6.07, 6.45) is 5.44. The van der Waals surface area contributed by atoms with Gasteiger partial charge in [0.1, 0.15) is 23.9 Å². The van der Waals surface area contributed by atoms with E-state index < -0.39 is 0 Å². The van der Waals surface area contributed by atoms with Gasteiger partial charge in [-0.2, -0.15) is 0 Å². The van der Waals surface area contributed by atoms with Crippen molar-refractivity contribution in [3.8, 4) is 39.7 Å². The third-order valence-corrected chi connectivity index (χ3v) is 5.97. The van der Waals surface area contributed by atoms with Crippen LogP contribution in [-0.2, 0) is 6.54 Å².